The number of rotatable bonds is 3. The Morgan fingerprint density at radius 1 is 1.32 bits per heavy atom. The predicted octanol–water partition coefficient (Wildman–Crippen LogP) is 3.91. The topological polar surface area (TPSA) is 46.3 Å². The quantitative estimate of drug-likeness (QED) is 0.873. The number of anilines is 1. The smallest absolute Gasteiger partial charge is 0.256 e. The molecule has 3 nitrogen and oxygen atoms in total. The Morgan fingerprint density at radius 2 is 1.95 bits per heavy atom. The number of nitrogens with two attached hydrogens (primary N) is 1. The van der Waals surface area contributed by atoms with Crippen molar-refractivity contribution >= 4 is 46.1 Å². The molecule has 2 aromatic rings. The molecule has 1 amide bonds. The molecule has 1 aromatic carbocycles. The Kier molecular flexibility index (Phi) is 4.34. The molecule has 0 spiro atoms. The lowest BCUT2D eigenvalue weighted by molar-refractivity contribution is 0.0786. The van der Waals surface area contributed by atoms with Crippen molar-refractivity contribution in [2.45, 2.75) is 6.54 Å². The number of carbonyl (C=O) groups excluding carboxylic acids is 1. The van der Waals surface area contributed by atoms with E-state index in [1.54, 1.807) is 18.0 Å². The van der Waals surface area contributed by atoms with Gasteiger partial charge in [0.05, 0.1) is 9.90 Å². The van der Waals surface area contributed by atoms with Crippen LogP contribution in [0.2, 0.25) is 8.67 Å². The third-order valence-electron chi connectivity index (χ3n) is 2.63. The Bertz CT molecular complexity index is 595. The number of carbonyl (C=O) groups is 1. The average molecular weight is 315 g/mol. The number of nitrogen functional groups attached to an aromatic ring is 1. The van der Waals surface area contributed by atoms with Gasteiger partial charge in [-0.05, 0) is 23.8 Å². The molecule has 0 bridgehead atoms. The van der Waals surface area contributed by atoms with E-state index in [0.717, 1.165) is 5.56 Å². The Balaban J connectivity index is 2.11. The molecule has 19 heavy (non-hydrogen) atoms. The second-order valence-corrected chi connectivity index (χ2v) is 6.43. The van der Waals surface area contributed by atoms with E-state index in [0.29, 0.717) is 26.5 Å². The zero-order chi connectivity index (χ0) is 14.0. The highest BCUT2D eigenvalue weighted by molar-refractivity contribution is 7.20. The summed E-state index contributed by atoms with van der Waals surface area (Å²) in [5.41, 5.74) is 7.76. The van der Waals surface area contributed by atoms with Gasteiger partial charge in [0.1, 0.15) is 4.34 Å². The van der Waals surface area contributed by atoms with Crippen molar-refractivity contribution in [2.24, 2.45) is 0 Å². The lowest BCUT2D eigenvalue weighted by atomic mass is 10.2. The summed E-state index contributed by atoms with van der Waals surface area (Å²) < 4.78 is 0.924. The fraction of sp³-hybridized carbons (Fsp3) is 0.154. The maximum absolute atomic E-state index is 12.2. The van der Waals surface area contributed by atoms with E-state index in [9.17, 15) is 4.79 Å². The maximum atomic E-state index is 12.2. The summed E-state index contributed by atoms with van der Waals surface area (Å²) in [6.07, 6.45) is 0. The number of benzene rings is 1. The summed E-state index contributed by atoms with van der Waals surface area (Å²) in [7, 11) is 1.72. The molecule has 0 aliphatic heterocycles. The van der Waals surface area contributed by atoms with Crippen molar-refractivity contribution < 1.29 is 4.79 Å². The molecular weight excluding hydrogens is 303 g/mol. The zero-order valence-electron chi connectivity index (χ0n) is 10.2. The van der Waals surface area contributed by atoms with Crippen LogP contribution in [0.1, 0.15) is 15.9 Å². The first-order valence-corrected chi connectivity index (χ1v) is 7.09. The second-order valence-electron chi connectivity index (χ2n) is 4.14. The van der Waals surface area contributed by atoms with Gasteiger partial charge in [-0.25, -0.2) is 0 Å². The van der Waals surface area contributed by atoms with Gasteiger partial charge in [0.2, 0.25) is 0 Å². The summed E-state index contributed by atoms with van der Waals surface area (Å²) in [6, 6.07) is 8.99. The van der Waals surface area contributed by atoms with Gasteiger partial charge in [0, 0.05) is 19.3 Å². The summed E-state index contributed by atoms with van der Waals surface area (Å²) in [6.45, 7) is 0.489. The van der Waals surface area contributed by atoms with Crippen molar-refractivity contribution in [1.29, 1.82) is 0 Å². The zero-order valence-corrected chi connectivity index (χ0v) is 12.5. The molecule has 6 heteroatoms. The highest BCUT2D eigenvalue weighted by Gasteiger charge is 2.18. The molecule has 0 aliphatic carbocycles. The van der Waals surface area contributed by atoms with E-state index >= 15 is 0 Å². The number of nitrogens with zero attached hydrogens (tertiary/aromatic N) is 1. The maximum Gasteiger partial charge on any atom is 0.256 e. The number of hydrogen-bond donors (Lipinski definition) is 1. The summed E-state index contributed by atoms with van der Waals surface area (Å²) in [5, 5.41) is 0. The summed E-state index contributed by atoms with van der Waals surface area (Å²) in [5.74, 6) is -0.148. The van der Waals surface area contributed by atoms with Gasteiger partial charge >= 0.3 is 0 Å². The van der Waals surface area contributed by atoms with Crippen molar-refractivity contribution in [1.82, 2.24) is 4.90 Å². The predicted molar refractivity (Wildman–Crippen MR) is 81.0 cm³/mol. The minimum Gasteiger partial charge on any atom is -0.399 e. The largest absolute Gasteiger partial charge is 0.399 e. The molecule has 0 fully saturated rings. The van der Waals surface area contributed by atoms with Crippen LogP contribution in [0.15, 0.2) is 30.3 Å². The second kappa shape index (κ2) is 5.82. The first kappa shape index (κ1) is 14.2. The SMILES string of the molecule is CN(Cc1ccc(N)cc1)C(=O)c1cc(Cl)sc1Cl. The molecule has 0 aliphatic rings. The number of halogens is 2. The molecule has 0 saturated heterocycles. The van der Waals surface area contributed by atoms with E-state index in [1.165, 1.54) is 11.3 Å². The average Bonchev–Trinajstić information content (AvgIpc) is 2.70. The van der Waals surface area contributed by atoms with E-state index in [-0.39, 0.29) is 5.91 Å². The lowest BCUT2D eigenvalue weighted by Gasteiger charge is -2.17. The van der Waals surface area contributed by atoms with Crippen molar-refractivity contribution in [3.63, 3.8) is 0 Å². The van der Waals surface area contributed by atoms with Crippen LogP contribution in [-0.2, 0) is 6.54 Å². The molecule has 0 radical (unpaired) electrons. The Morgan fingerprint density at radius 3 is 2.47 bits per heavy atom. The van der Waals surface area contributed by atoms with Gasteiger partial charge in [-0.3, -0.25) is 4.79 Å². The third-order valence-corrected chi connectivity index (χ3v) is 4.12. The van der Waals surface area contributed by atoms with Crippen molar-refractivity contribution in [3.8, 4) is 0 Å². The lowest BCUT2D eigenvalue weighted by Crippen LogP contribution is -2.26. The van der Waals surface area contributed by atoms with Crippen LogP contribution in [0.3, 0.4) is 0 Å². The fourth-order valence-corrected chi connectivity index (χ4v) is 3.11. The van der Waals surface area contributed by atoms with Gasteiger partial charge in [0.15, 0.2) is 0 Å². The minimum absolute atomic E-state index is 0.148. The van der Waals surface area contributed by atoms with Crippen LogP contribution in [0.5, 0.6) is 0 Å². The van der Waals surface area contributed by atoms with Crippen LogP contribution in [0, 0.1) is 0 Å². The molecule has 0 unspecified atom stereocenters. The summed E-state index contributed by atoms with van der Waals surface area (Å²) >= 11 is 13.0. The molecule has 1 heterocycles. The third kappa shape index (κ3) is 3.41. The molecule has 2 N–H and O–H groups in total. The number of thiophene rings is 1. The normalized spacial score (nSPS) is 10.5. The molecule has 0 saturated carbocycles. The van der Waals surface area contributed by atoms with E-state index < -0.39 is 0 Å². The van der Waals surface area contributed by atoms with Crippen LogP contribution in [-0.4, -0.2) is 17.9 Å². The van der Waals surface area contributed by atoms with Crippen molar-refractivity contribution in [2.75, 3.05) is 12.8 Å². The summed E-state index contributed by atoms with van der Waals surface area (Å²) in [4.78, 5) is 13.8. The molecule has 100 valence electrons. The first-order chi connectivity index (χ1) is 8.97. The van der Waals surface area contributed by atoms with E-state index in [1.807, 2.05) is 24.3 Å². The highest BCUT2D eigenvalue weighted by atomic mass is 35.5. The van der Waals surface area contributed by atoms with Crippen LogP contribution < -0.4 is 5.73 Å². The first-order valence-electron chi connectivity index (χ1n) is 5.52. The van der Waals surface area contributed by atoms with Crippen LogP contribution >= 0.6 is 34.5 Å². The van der Waals surface area contributed by atoms with Gasteiger partial charge in [0.25, 0.3) is 5.91 Å². The Labute approximate surface area is 125 Å². The molecular formula is C13H12Cl2N2OS. The monoisotopic (exact) mass is 314 g/mol. The van der Waals surface area contributed by atoms with E-state index in [2.05, 4.69) is 0 Å². The standard InChI is InChI=1S/C13H12Cl2N2OS/c1-17(7-8-2-4-9(16)5-3-8)13(18)10-6-11(14)19-12(10)15/h2-6H,7,16H2,1H3. The number of amides is 1. The fourth-order valence-electron chi connectivity index (χ4n) is 1.66. The van der Waals surface area contributed by atoms with Gasteiger partial charge in [-0.15, -0.1) is 11.3 Å². The minimum atomic E-state index is -0.148. The Hall–Kier alpha value is -1.23. The van der Waals surface area contributed by atoms with Gasteiger partial charge in [-0.1, -0.05) is 35.3 Å². The van der Waals surface area contributed by atoms with Gasteiger partial charge < -0.3 is 10.6 Å². The molecule has 1 aromatic heterocycles. The number of hydrogen-bond acceptors (Lipinski definition) is 3. The highest BCUT2D eigenvalue weighted by Crippen LogP contribution is 2.31. The van der Waals surface area contributed by atoms with Crippen molar-refractivity contribution in [3.05, 3.63) is 50.1 Å². The van der Waals surface area contributed by atoms with E-state index in [4.69, 9.17) is 28.9 Å². The van der Waals surface area contributed by atoms with Crippen LogP contribution in [0.4, 0.5) is 5.69 Å². The molecule has 2 rings (SSSR count). The molecule has 0 atom stereocenters. The van der Waals surface area contributed by atoms with Gasteiger partial charge in [-0.2, -0.15) is 0 Å². The van der Waals surface area contributed by atoms with Crippen LogP contribution in [0.25, 0.3) is 0 Å².